The number of thiophene rings is 1. The Morgan fingerprint density at radius 3 is 3.14 bits per heavy atom. The van der Waals surface area contributed by atoms with E-state index in [9.17, 15) is 0 Å². The Hall–Kier alpha value is -0.420. The van der Waals surface area contributed by atoms with Crippen LogP contribution in [0.3, 0.4) is 0 Å². The fourth-order valence-corrected chi connectivity index (χ4v) is 2.69. The molecule has 78 valence electrons. The zero-order valence-electron chi connectivity index (χ0n) is 8.32. The largest absolute Gasteiger partial charge is 0.374 e. The van der Waals surface area contributed by atoms with Crippen molar-refractivity contribution in [1.29, 1.82) is 0 Å². The zero-order valence-corrected chi connectivity index (χ0v) is 9.14. The Morgan fingerprint density at radius 2 is 2.57 bits per heavy atom. The summed E-state index contributed by atoms with van der Waals surface area (Å²) in [6.07, 6.45) is 0.126. The standard InChI is InChI=1S/C10H16N2OS/c1-7-2-5-14-10(7)9(11)8-6-12-3-4-13-8/h2,5,8-9,12H,3-4,6,11H2,1H3. The maximum atomic E-state index is 6.16. The highest BCUT2D eigenvalue weighted by Crippen LogP contribution is 2.26. The molecule has 0 spiro atoms. The minimum atomic E-state index is 0.0165. The van der Waals surface area contributed by atoms with Crippen molar-refractivity contribution in [2.75, 3.05) is 19.7 Å². The van der Waals surface area contributed by atoms with Gasteiger partial charge in [0.05, 0.1) is 18.8 Å². The molecule has 3 N–H and O–H groups in total. The van der Waals surface area contributed by atoms with Gasteiger partial charge >= 0.3 is 0 Å². The van der Waals surface area contributed by atoms with Crippen LogP contribution in [0.4, 0.5) is 0 Å². The van der Waals surface area contributed by atoms with Crippen LogP contribution in [-0.4, -0.2) is 25.8 Å². The van der Waals surface area contributed by atoms with Gasteiger partial charge in [-0.05, 0) is 23.9 Å². The molecule has 4 heteroatoms. The van der Waals surface area contributed by atoms with E-state index in [2.05, 4.69) is 23.7 Å². The monoisotopic (exact) mass is 212 g/mol. The van der Waals surface area contributed by atoms with Crippen molar-refractivity contribution in [3.8, 4) is 0 Å². The number of ether oxygens (including phenoxy) is 1. The van der Waals surface area contributed by atoms with Gasteiger partial charge in [-0.1, -0.05) is 0 Å². The van der Waals surface area contributed by atoms with Gasteiger partial charge in [-0.3, -0.25) is 0 Å². The zero-order chi connectivity index (χ0) is 9.97. The fourth-order valence-electron chi connectivity index (χ4n) is 1.71. The molecular formula is C10H16N2OS. The lowest BCUT2D eigenvalue weighted by Crippen LogP contribution is -2.44. The van der Waals surface area contributed by atoms with Crippen LogP contribution in [-0.2, 0) is 4.74 Å². The summed E-state index contributed by atoms with van der Waals surface area (Å²) in [6, 6.07) is 2.12. The van der Waals surface area contributed by atoms with Crippen LogP contribution >= 0.6 is 11.3 Å². The van der Waals surface area contributed by atoms with Crippen LogP contribution in [0.2, 0.25) is 0 Å². The minimum Gasteiger partial charge on any atom is -0.374 e. The first-order valence-corrected chi connectivity index (χ1v) is 5.79. The third kappa shape index (κ3) is 1.98. The Balaban J connectivity index is 2.07. The second-order valence-corrected chi connectivity index (χ2v) is 4.55. The molecule has 0 amide bonds. The molecule has 0 aromatic carbocycles. The molecule has 0 radical (unpaired) electrons. The SMILES string of the molecule is Cc1ccsc1C(N)C1CNCCO1. The Bertz CT molecular complexity index is 294. The summed E-state index contributed by atoms with van der Waals surface area (Å²) in [5.74, 6) is 0. The van der Waals surface area contributed by atoms with Crippen molar-refractivity contribution >= 4 is 11.3 Å². The highest BCUT2D eigenvalue weighted by molar-refractivity contribution is 7.10. The molecule has 0 saturated carbocycles. The fraction of sp³-hybridized carbons (Fsp3) is 0.600. The van der Waals surface area contributed by atoms with Crippen molar-refractivity contribution in [3.05, 3.63) is 21.9 Å². The second-order valence-electron chi connectivity index (χ2n) is 3.61. The first kappa shape index (κ1) is 10.1. The number of aryl methyl sites for hydroxylation is 1. The summed E-state index contributed by atoms with van der Waals surface area (Å²) in [7, 11) is 0. The lowest BCUT2D eigenvalue weighted by Gasteiger charge is -2.28. The molecular weight excluding hydrogens is 196 g/mol. The highest BCUT2D eigenvalue weighted by atomic mass is 32.1. The summed E-state index contributed by atoms with van der Waals surface area (Å²) in [4.78, 5) is 1.25. The molecule has 1 aliphatic heterocycles. The van der Waals surface area contributed by atoms with Gasteiger partial charge in [0, 0.05) is 18.0 Å². The molecule has 2 atom stereocenters. The van der Waals surface area contributed by atoms with Crippen LogP contribution in [0.25, 0.3) is 0 Å². The Morgan fingerprint density at radius 1 is 1.71 bits per heavy atom. The van der Waals surface area contributed by atoms with Crippen molar-refractivity contribution in [3.63, 3.8) is 0 Å². The third-order valence-electron chi connectivity index (χ3n) is 2.56. The number of rotatable bonds is 2. The molecule has 0 aliphatic carbocycles. The van der Waals surface area contributed by atoms with E-state index in [-0.39, 0.29) is 12.1 Å². The van der Waals surface area contributed by atoms with E-state index in [1.807, 2.05) is 0 Å². The van der Waals surface area contributed by atoms with Gasteiger partial charge in [0.25, 0.3) is 0 Å². The lowest BCUT2D eigenvalue weighted by atomic mass is 10.1. The summed E-state index contributed by atoms with van der Waals surface area (Å²) >= 11 is 1.72. The van der Waals surface area contributed by atoms with E-state index in [1.54, 1.807) is 11.3 Å². The molecule has 1 aromatic rings. The lowest BCUT2D eigenvalue weighted by molar-refractivity contribution is 0.0128. The highest BCUT2D eigenvalue weighted by Gasteiger charge is 2.24. The van der Waals surface area contributed by atoms with Crippen LogP contribution < -0.4 is 11.1 Å². The molecule has 1 saturated heterocycles. The molecule has 3 nitrogen and oxygen atoms in total. The maximum Gasteiger partial charge on any atom is 0.0900 e. The average molecular weight is 212 g/mol. The predicted molar refractivity (Wildman–Crippen MR) is 58.6 cm³/mol. The summed E-state index contributed by atoms with van der Waals surface area (Å²) < 4.78 is 5.64. The summed E-state index contributed by atoms with van der Waals surface area (Å²) in [5, 5.41) is 5.38. The molecule has 2 unspecified atom stereocenters. The normalized spacial score (nSPS) is 24.9. The van der Waals surface area contributed by atoms with Crippen LogP contribution in [0.1, 0.15) is 16.5 Å². The molecule has 1 fully saturated rings. The first-order valence-electron chi connectivity index (χ1n) is 4.91. The number of hydrogen-bond donors (Lipinski definition) is 2. The van der Waals surface area contributed by atoms with Gasteiger partial charge in [0.2, 0.25) is 0 Å². The van der Waals surface area contributed by atoms with Crippen LogP contribution in [0, 0.1) is 6.92 Å². The minimum absolute atomic E-state index is 0.0165. The summed E-state index contributed by atoms with van der Waals surface area (Å²) in [5.41, 5.74) is 7.44. The Kier molecular flexibility index (Phi) is 3.18. The van der Waals surface area contributed by atoms with Gasteiger partial charge in [-0.2, -0.15) is 0 Å². The van der Waals surface area contributed by atoms with E-state index < -0.39 is 0 Å². The van der Waals surface area contributed by atoms with Crippen molar-refractivity contribution in [1.82, 2.24) is 5.32 Å². The predicted octanol–water partition coefficient (Wildman–Crippen LogP) is 1.04. The topological polar surface area (TPSA) is 47.3 Å². The van der Waals surface area contributed by atoms with Crippen LogP contribution in [0.5, 0.6) is 0 Å². The van der Waals surface area contributed by atoms with Crippen molar-refractivity contribution < 1.29 is 4.74 Å². The number of morpholine rings is 1. The molecule has 2 heterocycles. The smallest absolute Gasteiger partial charge is 0.0900 e. The maximum absolute atomic E-state index is 6.16. The van der Waals surface area contributed by atoms with E-state index in [0.717, 1.165) is 19.7 Å². The molecule has 2 rings (SSSR count). The average Bonchev–Trinajstić information content (AvgIpc) is 2.65. The van der Waals surface area contributed by atoms with Crippen LogP contribution in [0.15, 0.2) is 11.4 Å². The van der Waals surface area contributed by atoms with E-state index in [0.29, 0.717) is 0 Å². The van der Waals surface area contributed by atoms with Gasteiger partial charge in [0.1, 0.15) is 0 Å². The number of nitrogens with one attached hydrogen (secondary N) is 1. The first-order chi connectivity index (χ1) is 6.79. The molecule has 1 aliphatic rings. The third-order valence-corrected chi connectivity index (χ3v) is 3.68. The van der Waals surface area contributed by atoms with Gasteiger partial charge in [-0.25, -0.2) is 0 Å². The van der Waals surface area contributed by atoms with Gasteiger partial charge in [-0.15, -0.1) is 11.3 Å². The second kappa shape index (κ2) is 4.40. The van der Waals surface area contributed by atoms with Gasteiger partial charge in [0.15, 0.2) is 0 Å². The summed E-state index contributed by atoms with van der Waals surface area (Å²) in [6.45, 7) is 4.66. The van der Waals surface area contributed by atoms with Gasteiger partial charge < -0.3 is 15.8 Å². The Labute approximate surface area is 88.3 Å². The van der Waals surface area contributed by atoms with E-state index >= 15 is 0 Å². The molecule has 1 aromatic heterocycles. The molecule has 0 bridgehead atoms. The van der Waals surface area contributed by atoms with Crippen molar-refractivity contribution in [2.24, 2.45) is 5.73 Å². The van der Waals surface area contributed by atoms with Crippen molar-refractivity contribution in [2.45, 2.75) is 19.1 Å². The van der Waals surface area contributed by atoms with E-state index in [4.69, 9.17) is 10.5 Å². The quantitative estimate of drug-likeness (QED) is 0.770. The molecule has 14 heavy (non-hydrogen) atoms. The van der Waals surface area contributed by atoms with E-state index in [1.165, 1.54) is 10.4 Å². The number of nitrogens with two attached hydrogens (primary N) is 1. The number of hydrogen-bond acceptors (Lipinski definition) is 4.